The second-order valence-corrected chi connectivity index (χ2v) is 6.30. The molecule has 0 unspecified atom stereocenters. The lowest BCUT2D eigenvalue weighted by Gasteiger charge is -2.11. The first-order valence-corrected chi connectivity index (χ1v) is 8.85. The third-order valence-electron chi connectivity index (χ3n) is 3.58. The number of carbonyl (C=O) groups is 1. The quantitative estimate of drug-likeness (QED) is 0.431. The Kier molecular flexibility index (Phi) is 6.09. The molecule has 1 aliphatic rings. The fourth-order valence-corrected chi connectivity index (χ4v) is 2.75. The van der Waals surface area contributed by atoms with Crippen LogP contribution >= 0.6 is 23.8 Å². The molecule has 0 saturated carbocycles. The monoisotopic (exact) mass is 388 g/mol. The van der Waals surface area contributed by atoms with Crippen LogP contribution in [0.25, 0.3) is 6.08 Å². The SMILES string of the molecule is O=C1NC(=S)N/C1=C\c1ccccc1OCCCOc1ccccc1Cl. The highest BCUT2D eigenvalue weighted by atomic mass is 35.5. The predicted octanol–water partition coefficient (Wildman–Crippen LogP) is 3.53. The number of carbonyl (C=O) groups excluding carboxylic acids is 1. The number of rotatable bonds is 7. The maximum atomic E-state index is 11.8. The molecule has 1 aliphatic heterocycles. The number of nitrogens with one attached hydrogen (secondary N) is 2. The maximum absolute atomic E-state index is 11.8. The zero-order valence-electron chi connectivity index (χ0n) is 13.8. The molecule has 0 aliphatic carbocycles. The van der Waals surface area contributed by atoms with E-state index < -0.39 is 0 Å². The Labute approximate surface area is 161 Å². The predicted molar refractivity (Wildman–Crippen MR) is 105 cm³/mol. The zero-order valence-corrected chi connectivity index (χ0v) is 15.4. The molecular weight excluding hydrogens is 372 g/mol. The first-order chi connectivity index (χ1) is 12.6. The normalized spacial score (nSPS) is 14.9. The zero-order chi connectivity index (χ0) is 18.4. The molecular formula is C19H17ClN2O3S. The van der Waals surface area contributed by atoms with Crippen molar-refractivity contribution in [2.24, 2.45) is 0 Å². The van der Waals surface area contributed by atoms with Gasteiger partial charge in [0.25, 0.3) is 5.91 Å². The average molecular weight is 389 g/mol. The molecule has 134 valence electrons. The van der Waals surface area contributed by atoms with Gasteiger partial charge in [-0.25, -0.2) is 0 Å². The van der Waals surface area contributed by atoms with Crippen molar-refractivity contribution < 1.29 is 14.3 Å². The summed E-state index contributed by atoms with van der Waals surface area (Å²) in [4.78, 5) is 11.8. The van der Waals surface area contributed by atoms with Gasteiger partial charge in [0.2, 0.25) is 0 Å². The second-order valence-electron chi connectivity index (χ2n) is 5.48. The van der Waals surface area contributed by atoms with Gasteiger partial charge in [0.15, 0.2) is 5.11 Å². The maximum Gasteiger partial charge on any atom is 0.273 e. The molecule has 7 heteroatoms. The van der Waals surface area contributed by atoms with E-state index in [2.05, 4.69) is 10.6 Å². The first kappa shape index (κ1) is 18.2. The number of hydrogen-bond donors (Lipinski definition) is 2. The lowest BCUT2D eigenvalue weighted by Crippen LogP contribution is -2.21. The van der Waals surface area contributed by atoms with Crippen LogP contribution in [0.1, 0.15) is 12.0 Å². The van der Waals surface area contributed by atoms with Crippen LogP contribution in [0.15, 0.2) is 54.2 Å². The number of ether oxygens (including phenoxy) is 2. The van der Waals surface area contributed by atoms with Gasteiger partial charge in [-0.3, -0.25) is 10.1 Å². The molecule has 26 heavy (non-hydrogen) atoms. The van der Waals surface area contributed by atoms with E-state index in [0.717, 1.165) is 5.56 Å². The Balaban J connectivity index is 1.54. The number of para-hydroxylation sites is 2. The van der Waals surface area contributed by atoms with Gasteiger partial charge < -0.3 is 14.8 Å². The van der Waals surface area contributed by atoms with Crippen LogP contribution in [0.5, 0.6) is 11.5 Å². The molecule has 0 radical (unpaired) electrons. The summed E-state index contributed by atoms with van der Waals surface area (Å²) in [7, 11) is 0. The van der Waals surface area contributed by atoms with Crippen molar-refractivity contribution in [1.29, 1.82) is 0 Å². The highest BCUT2D eigenvalue weighted by molar-refractivity contribution is 7.80. The highest BCUT2D eigenvalue weighted by Crippen LogP contribution is 2.24. The van der Waals surface area contributed by atoms with E-state index in [9.17, 15) is 4.79 Å². The van der Waals surface area contributed by atoms with Gasteiger partial charge in [-0.1, -0.05) is 41.9 Å². The van der Waals surface area contributed by atoms with Gasteiger partial charge in [0.05, 0.1) is 18.2 Å². The number of benzene rings is 2. The highest BCUT2D eigenvalue weighted by Gasteiger charge is 2.20. The second kappa shape index (κ2) is 8.69. The lowest BCUT2D eigenvalue weighted by molar-refractivity contribution is -0.115. The van der Waals surface area contributed by atoms with Gasteiger partial charge in [-0.2, -0.15) is 0 Å². The van der Waals surface area contributed by atoms with E-state index in [1.165, 1.54) is 0 Å². The van der Waals surface area contributed by atoms with Crippen molar-refractivity contribution >= 4 is 40.9 Å². The summed E-state index contributed by atoms with van der Waals surface area (Å²) in [6.45, 7) is 0.966. The fourth-order valence-electron chi connectivity index (χ4n) is 2.35. The van der Waals surface area contributed by atoms with Gasteiger partial charge >= 0.3 is 0 Å². The Bertz CT molecular complexity index is 854. The number of amides is 1. The van der Waals surface area contributed by atoms with Crippen LogP contribution < -0.4 is 20.1 Å². The molecule has 0 atom stereocenters. The molecule has 2 N–H and O–H groups in total. The van der Waals surface area contributed by atoms with E-state index in [0.29, 0.717) is 47.0 Å². The van der Waals surface area contributed by atoms with Crippen molar-refractivity contribution in [3.63, 3.8) is 0 Å². The van der Waals surface area contributed by atoms with Crippen LogP contribution in [0.3, 0.4) is 0 Å². The van der Waals surface area contributed by atoms with Crippen LogP contribution in [-0.2, 0) is 4.79 Å². The molecule has 0 spiro atoms. The van der Waals surface area contributed by atoms with Crippen LogP contribution in [0.2, 0.25) is 5.02 Å². The van der Waals surface area contributed by atoms with E-state index in [-0.39, 0.29) is 5.91 Å². The number of hydrogen-bond acceptors (Lipinski definition) is 4. The molecule has 1 saturated heterocycles. The van der Waals surface area contributed by atoms with Gasteiger partial charge in [-0.05, 0) is 36.5 Å². The molecule has 1 heterocycles. The Morgan fingerprint density at radius 2 is 1.62 bits per heavy atom. The fraction of sp³-hybridized carbons (Fsp3) is 0.158. The molecule has 0 bridgehead atoms. The van der Waals surface area contributed by atoms with Crippen molar-refractivity contribution in [3.05, 3.63) is 64.8 Å². The minimum atomic E-state index is -0.252. The molecule has 5 nitrogen and oxygen atoms in total. The van der Waals surface area contributed by atoms with Crippen molar-refractivity contribution in [2.75, 3.05) is 13.2 Å². The van der Waals surface area contributed by atoms with Crippen molar-refractivity contribution in [2.45, 2.75) is 6.42 Å². The van der Waals surface area contributed by atoms with E-state index >= 15 is 0 Å². The van der Waals surface area contributed by atoms with E-state index in [4.69, 9.17) is 33.3 Å². The standard InChI is InChI=1S/C19H17ClN2O3S/c20-14-7-2-4-9-17(14)25-11-5-10-24-16-8-3-1-6-13(16)12-15-18(23)22-19(26)21-15/h1-4,6-9,12H,5,10-11H2,(H2,21,22,23,26)/b15-12-. The third kappa shape index (κ3) is 4.74. The molecule has 2 aromatic rings. The summed E-state index contributed by atoms with van der Waals surface area (Å²) >= 11 is 11.0. The van der Waals surface area contributed by atoms with Gasteiger partial charge in [0, 0.05) is 12.0 Å². The van der Waals surface area contributed by atoms with Crippen molar-refractivity contribution in [3.8, 4) is 11.5 Å². The van der Waals surface area contributed by atoms with Crippen LogP contribution in [0, 0.1) is 0 Å². The molecule has 0 aromatic heterocycles. The third-order valence-corrected chi connectivity index (χ3v) is 4.10. The summed E-state index contributed by atoms with van der Waals surface area (Å²) in [5.41, 5.74) is 1.19. The minimum Gasteiger partial charge on any atom is -0.493 e. The molecule has 3 rings (SSSR count). The summed E-state index contributed by atoms with van der Waals surface area (Å²) in [5.74, 6) is 1.09. The smallest absolute Gasteiger partial charge is 0.273 e. The van der Waals surface area contributed by atoms with Crippen LogP contribution in [-0.4, -0.2) is 24.2 Å². The van der Waals surface area contributed by atoms with Crippen molar-refractivity contribution in [1.82, 2.24) is 10.6 Å². The Hall–Kier alpha value is -2.57. The summed E-state index contributed by atoms with van der Waals surface area (Å²) < 4.78 is 11.5. The summed E-state index contributed by atoms with van der Waals surface area (Å²) in [6.07, 6.45) is 2.41. The number of halogens is 1. The molecule has 1 amide bonds. The van der Waals surface area contributed by atoms with Crippen LogP contribution in [0.4, 0.5) is 0 Å². The largest absolute Gasteiger partial charge is 0.493 e. The first-order valence-electron chi connectivity index (χ1n) is 8.06. The summed E-state index contributed by atoms with van der Waals surface area (Å²) in [5, 5.41) is 6.25. The average Bonchev–Trinajstić information content (AvgIpc) is 2.94. The van der Waals surface area contributed by atoms with Gasteiger partial charge in [0.1, 0.15) is 17.2 Å². The lowest BCUT2D eigenvalue weighted by atomic mass is 10.1. The molecule has 2 aromatic carbocycles. The minimum absolute atomic E-state index is 0.252. The van der Waals surface area contributed by atoms with Gasteiger partial charge in [-0.15, -0.1) is 0 Å². The Morgan fingerprint density at radius 3 is 2.31 bits per heavy atom. The summed E-state index contributed by atoms with van der Waals surface area (Å²) in [6, 6.07) is 14.8. The Morgan fingerprint density at radius 1 is 0.962 bits per heavy atom. The van der Waals surface area contributed by atoms with E-state index in [1.54, 1.807) is 12.1 Å². The molecule has 1 fully saturated rings. The topological polar surface area (TPSA) is 59.6 Å². The number of thiocarbonyl (C=S) groups is 1. The van der Waals surface area contributed by atoms with E-state index in [1.807, 2.05) is 42.5 Å².